The molecule has 1 aromatic carbocycles. The van der Waals surface area contributed by atoms with E-state index in [4.69, 9.17) is 9.26 Å². The summed E-state index contributed by atoms with van der Waals surface area (Å²) in [6.45, 7) is 4.15. The Bertz CT molecular complexity index is 453. The lowest BCUT2D eigenvalue weighted by atomic mass is 10.2. The highest BCUT2D eigenvalue weighted by molar-refractivity contribution is 7.66. The molecule has 1 rings (SSSR count). The lowest BCUT2D eigenvalue weighted by Gasteiger charge is -2.16. The Hall–Kier alpha value is -1.12. The predicted molar refractivity (Wildman–Crippen MR) is 76.4 cm³/mol. The lowest BCUT2D eigenvalue weighted by Crippen LogP contribution is -2.11. The molecule has 106 valence electrons. The summed E-state index contributed by atoms with van der Waals surface area (Å²) >= 11 is 0. The molecular weight excluding hydrogens is 263 g/mol. The zero-order chi connectivity index (χ0) is 14.3. The summed E-state index contributed by atoms with van der Waals surface area (Å²) in [5, 5.41) is 0.650. The maximum atomic E-state index is 12.6. The molecule has 1 unspecified atom stereocenters. The van der Waals surface area contributed by atoms with Crippen molar-refractivity contribution in [2.75, 3.05) is 19.9 Å². The largest absolute Gasteiger partial charge is 0.462 e. The molecule has 0 heterocycles. The number of rotatable bonds is 7. The predicted octanol–water partition coefficient (Wildman–Crippen LogP) is 3.21. The lowest BCUT2D eigenvalue weighted by molar-refractivity contribution is 0.0526. The first kappa shape index (κ1) is 15.9. The van der Waals surface area contributed by atoms with Crippen molar-refractivity contribution < 1.29 is 18.6 Å². The minimum Gasteiger partial charge on any atom is -0.462 e. The van der Waals surface area contributed by atoms with Gasteiger partial charge in [-0.2, -0.15) is 0 Å². The summed E-state index contributed by atoms with van der Waals surface area (Å²) in [7, 11) is -1.32. The Morgan fingerprint density at radius 3 is 2.32 bits per heavy atom. The average Bonchev–Trinajstić information content (AvgIpc) is 2.45. The third kappa shape index (κ3) is 4.19. The second-order valence-corrected chi connectivity index (χ2v) is 6.88. The minimum atomic E-state index is -2.79. The quantitative estimate of drug-likeness (QED) is 0.570. The maximum Gasteiger partial charge on any atom is 0.338 e. The van der Waals surface area contributed by atoms with Crippen LogP contribution in [-0.4, -0.2) is 25.8 Å². The van der Waals surface area contributed by atoms with Crippen LogP contribution < -0.4 is 5.30 Å². The van der Waals surface area contributed by atoms with E-state index in [9.17, 15) is 9.36 Å². The van der Waals surface area contributed by atoms with Gasteiger partial charge in [-0.15, -0.1) is 0 Å². The highest BCUT2D eigenvalue weighted by atomic mass is 31.2. The van der Waals surface area contributed by atoms with Gasteiger partial charge in [0.15, 0.2) is 0 Å². The van der Waals surface area contributed by atoms with Crippen LogP contribution in [0, 0.1) is 0 Å². The van der Waals surface area contributed by atoms with E-state index in [-0.39, 0.29) is 5.97 Å². The normalized spacial score (nSPS) is 13.8. The van der Waals surface area contributed by atoms with Gasteiger partial charge in [-0.25, -0.2) is 4.79 Å². The van der Waals surface area contributed by atoms with Crippen LogP contribution in [0.25, 0.3) is 0 Å². The van der Waals surface area contributed by atoms with Crippen molar-refractivity contribution in [3.05, 3.63) is 29.8 Å². The van der Waals surface area contributed by atoms with E-state index < -0.39 is 7.37 Å². The Morgan fingerprint density at radius 1 is 1.21 bits per heavy atom. The average molecular weight is 284 g/mol. The molecule has 4 nitrogen and oxygen atoms in total. The monoisotopic (exact) mass is 284 g/mol. The van der Waals surface area contributed by atoms with Crippen molar-refractivity contribution >= 4 is 18.6 Å². The first-order chi connectivity index (χ1) is 9.07. The van der Waals surface area contributed by atoms with Gasteiger partial charge in [0.25, 0.3) is 0 Å². The molecule has 0 amide bonds. The number of hydrogen-bond donors (Lipinski definition) is 0. The number of ether oxygens (including phenoxy) is 1. The minimum absolute atomic E-state index is 0.341. The van der Waals surface area contributed by atoms with Crippen LogP contribution in [0.3, 0.4) is 0 Å². The first-order valence-electron chi connectivity index (χ1n) is 6.50. The van der Waals surface area contributed by atoms with Crippen LogP contribution in [0.5, 0.6) is 0 Å². The molecule has 0 aliphatic rings. The number of benzene rings is 1. The highest BCUT2D eigenvalue weighted by Crippen LogP contribution is 2.45. The summed E-state index contributed by atoms with van der Waals surface area (Å²) in [6, 6.07) is 6.63. The van der Waals surface area contributed by atoms with E-state index in [0.29, 0.717) is 23.6 Å². The fourth-order valence-corrected chi connectivity index (χ4v) is 3.72. The van der Waals surface area contributed by atoms with Crippen LogP contribution in [-0.2, 0) is 13.8 Å². The van der Waals surface area contributed by atoms with Gasteiger partial charge in [-0.05, 0) is 37.6 Å². The molecule has 0 saturated carbocycles. The molecule has 0 aliphatic heterocycles. The Kier molecular flexibility index (Phi) is 6.26. The number of hydrogen-bond acceptors (Lipinski definition) is 4. The van der Waals surface area contributed by atoms with Crippen molar-refractivity contribution in [3.8, 4) is 0 Å². The van der Waals surface area contributed by atoms with Gasteiger partial charge in [0.05, 0.1) is 12.2 Å². The van der Waals surface area contributed by atoms with Gasteiger partial charge in [0, 0.05) is 18.6 Å². The topological polar surface area (TPSA) is 52.6 Å². The van der Waals surface area contributed by atoms with E-state index in [0.717, 1.165) is 12.8 Å². The number of carbonyl (C=O) groups excluding carboxylic acids is 1. The van der Waals surface area contributed by atoms with Crippen LogP contribution in [0.4, 0.5) is 0 Å². The standard InChI is InChI=1S/C14H21O4P/c1-4-6-11-19(16,17-3)13-9-7-12(8-10-13)14(15)18-5-2/h7-10H,4-6,11H2,1-3H3. The second-order valence-electron chi connectivity index (χ2n) is 4.20. The molecule has 0 bridgehead atoms. The van der Waals surface area contributed by atoms with Crippen molar-refractivity contribution in [1.82, 2.24) is 0 Å². The first-order valence-corrected chi connectivity index (χ1v) is 8.31. The molecule has 5 heteroatoms. The summed E-state index contributed by atoms with van der Waals surface area (Å²) in [5.41, 5.74) is 0.462. The van der Waals surface area contributed by atoms with Gasteiger partial charge in [0.2, 0.25) is 7.37 Å². The van der Waals surface area contributed by atoms with Crippen LogP contribution in [0.2, 0.25) is 0 Å². The van der Waals surface area contributed by atoms with Gasteiger partial charge in [0.1, 0.15) is 0 Å². The summed E-state index contributed by atoms with van der Waals surface area (Å²) in [6.07, 6.45) is 2.34. The second kappa shape index (κ2) is 7.46. The molecule has 0 radical (unpaired) electrons. The van der Waals surface area contributed by atoms with E-state index in [1.165, 1.54) is 7.11 Å². The van der Waals surface area contributed by atoms with E-state index >= 15 is 0 Å². The molecule has 0 aromatic heterocycles. The highest BCUT2D eigenvalue weighted by Gasteiger charge is 2.23. The summed E-state index contributed by atoms with van der Waals surface area (Å²) in [4.78, 5) is 11.5. The number of unbranched alkanes of at least 4 members (excludes halogenated alkanes) is 1. The van der Waals surface area contributed by atoms with Crippen molar-refractivity contribution in [1.29, 1.82) is 0 Å². The van der Waals surface area contributed by atoms with Crippen molar-refractivity contribution in [2.24, 2.45) is 0 Å². The van der Waals surface area contributed by atoms with Crippen LogP contribution in [0.15, 0.2) is 24.3 Å². The van der Waals surface area contributed by atoms with Crippen LogP contribution >= 0.6 is 7.37 Å². The summed E-state index contributed by atoms with van der Waals surface area (Å²) < 4.78 is 22.7. The molecule has 0 spiro atoms. The zero-order valence-corrected chi connectivity index (χ0v) is 12.6. The van der Waals surface area contributed by atoms with Crippen molar-refractivity contribution in [3.63, 3.8) is 0 Å². The molecule has 1 aromatic rings. The van der Waals surface area contributed by atoms with E-state index in [1.807, 2.05) is 6.92 Å². The fraction of sp³-hybridized carbons (Fsp3) is 0.500. The maximum absolute atomic E-state index is 12.6. The zero-order valence-electron chi connectivity index (χ0n) is 11.7. The molecule has 0 N–H and O–H groups in total. The molecule has 1 atom stereocenters. The molecule has 19 heavy (non-hydrogen) atoms. The van der Waals surface area contributed by atoms with Gasteiger partial charge in [-0.3, -0.25) is 4.57 Å². The Morgan fingerprint density at radius 2 is 1.84 bits per heavy atom. The molecule has 0 aliphatic carbocycles. The van der Waals surface area contributed by atoms with E-state index in [1.54, 1.807) is 31.2 Å². The van der Waals surface area contributed by atoms with E-state index in [2.05, 4.69) is 0 Å². The summed E-state index contributed by atoms with van der Waals surface area (Å²) in [5.74, 6) is -0.366. The molecule has 0 fully saturated rings. The number of esters is 1. The smallest absolute Gasteiger partial charge is 0.338 e. The molecule has 0 saturated heterocycles. The van der Waals surface area contributed by atoms with Gasteiger partial charge < -0.3 is 9.26 Å². The number of carbonyl (C=O) groups is 1. The fourth-order valence-electron chi connectivity index (χ4n) is 1.73. The molecular formula is C14H21O4P. The third-order valence-corrected chi connectivity index (χ3v) is 5.45. The third-order valence-electron chi connectivity index (χ3n) is 2.87. The van der Waals surface area contributed by atoms with Crippen LogP contribution in [0.1, 0.15) is 37.0 Å². The van der Waals surface area contributed by atoms with Crippen molar-refractivity contribution in [2.45, 2.75) is 26.7 Å². The SMILES string of the molecule is CCCCP(=O)(OC)c1ccc(C(=O)OCC)cc1. The van der Waals surface area contributed by atoms with Gasteiger partial charge in [-0.1, -0.05) is 13.3 Å². The Balaban J connectivity index is 2.90. The van der Waals surface area contributed by atoms with Gasteiger partial charge >= 0.3 is 5.97 Å². The Labute approximate surface area is 114 Å².